The van der Waals surface area contributed by atoms with Gasteiger partial charge in [-0.15, -0.1) is 0 Å². The molecule has 2 aliphatic rings. The standard InChI is InChI=1S/C14H19F2N3O3/c1-19-8-9(7-17-19)11-10(3-6-22-11)18-12(20)14(15,16)13(21)4-2-5-13/h7-8,10-11,21H,2-6H2,1H3,(H,18,20)/t10-,11+/m0/s1. The third kappa shape index (κ3) is 2.40. The summed E-state index contributed by atoms with van der Waals surface area (Å²) < 4.78 is 35.3. The third-order valence-electron chi connectivity index (χ3n) is 4.51. The first-order valence-electron chi connectivity index (χ1n) is 7.35. The average Bonchev–Trinajstić information content (AvgIpc) is 3.04. The Balaban J connectivity index is 1.70. The molecule has 8 heteroatoms. The normalized spacial score (nSPS) is 27.5. The summed E-state index contributed by atoms with van der Waals surface area (Å²) in [6.07, 6.45) is 3.66. The van der Waals surface area contributed by atoms with E-state index in [1.165, 1.54) is 0 Å². The summed E-state index contributed by atoms with van der Waals surface area (Å²) in [5.74, 6) is -5.22. The van der Waals surface area contributed by atoms with E-state index in [2.05, 4.69) is 10.4 Å². The van der Waals surface area contributed by atoms with Crippen LogP contribution in [0.4, 0.5) is 8.78 Å². The van der Waals surface area contributed by atoms with Crippen LogP contribution < -0.4 is 5.32 Å². The lowest BCUT2D eigenvalue weighted by atomic mass is 9.75. The van der Waals surface area contributed by atoms with Crippen molar-refractivity contribution in [3.05, 3.63) is 18.0 Å². The minimum Gasteiger partial charge on any atom is -0.383 e. The minimum absolute atomic E-state index is 0.0549. The number of aliphatic hydroxyl groups is 1. The van der Waals surface area contributed by atoms with Gasteiger partial charge in [0.1, 0.15) is 11.7 Å². The zero-order valence-electron chi connectivity index (χ0n) is 12.3. The molecule has 2 heterocycles. The molecule has 1 amide bonds. The van der Waals surface area contributed by atoms with Crippen LogP contribution >= 0.6 is 0 Å². The average molecular weight is 315 g/mol. The number of halogens is 2. The molecule has 1 aromatic rings. The van der Waals surface area contributed by atoms with E-state index in [-0.39, 0.29) is 12.8 Å². The fourth-order valence-electron chi connectivity index (χ4n) is 2.95. The van der Waals surface area contributed by atoms with Gasteiger partial charge in [-0.1, -0.05) is 0 Å². The molecule has 2 fully saturated rings. The van der Waals surface area contributed by atoms with Crippen LogP contribution in [0.15, 0.2) is 12.4 Å². The van der Waals surface area contributed by atoms with Crippen molar-refractivity contribution in [1.82, 2.24) is 15.1 Å². The highest BCUT2D eigenvalue weighted by atomic mass is 19.3. The number of ether oxygens (including phenoxy) is 1. The zero-order chi connectivity index (χ0) is 16.0. The maximum absolute atomic E-state index is 14.1. The van der Waals surface area contributed by atoms with Gasteiger partial charge in [0.2, 0.25) is 0 Å². The van der Waals surface area contributed by atoms with E-state index in [4.69, 9.17) is 4.74 Å². The maximum atomic E-state index is 14.1. The molecule has 1 saturated carbocycles. The van der Waals surface area contributed by atoms with Crippen molar-refractivity contribution in [3.63, 3.8) is 0 Å². The maximum Gasteiger partial charge on any atom is 0.352 e. The van der Waals surface area contributed by atoms with Crippen molar-refractivity contribution in [2.45, 2.75) is 49.4 Å². The van der Waals surface area contributed by atoms with Crippen molar-refractivity contribution < 1.29 is 23.4 Å². The Bertz CT molecular complexity index is 571. The predicted molar refractivity (Wildman–Crippen MR) is 72.2 cm³/mol. The van der Waals surface area contributed by atoms with Gasteiger partial charge in [-0.05, 0) is 25.7 Å². The molecule has 122 valence electrons. The first-order valence-corrected chi connectivity index (χ1v) is 7.35. The van der Waals surface area contributed by atoms with Gasteiger partial charge in [0, 0.05) is 25.4 Å². The molecule has 1 aliphatic carbocycles. The lowest BCUT2D eigenvalue weighted by Gasteiger charge is -2.41. The highest BCUT2D eigenvalue weighted by Gasteiger charge is 2.61. The monoisotopic (exact) mass is 315 g/mol. The first-order chi connectivity index (χ1) is 10.3. The van der Waals surface area contributed by atoms with Crippen LogP contribution in [-0.4, -0.2) is 45.0 Å². The molecule has 0 unspecified atom stereocenters. The molecule has 0 aromatic carbocycles. The summed E-state index contributed by atoms with van der Waals surface area (Å²) in [6, 6.07) is -0.550. The van der Waals surface area contributed by atoms with E-state index in [0.29, 0.717) is 19.4 Å². The molecule has 2 atom stereocenters. The van der Waals surface area contributed by atoms with E-state index < -0.39 is 29.6 Å². The quantitative estimate of drug-likeness (QED) is 0.866. The molecule has 22 heavy (non-hydrogen) atoms. The molecule has 0 bridgehead atoms. The molecular formula is C14H19F2N3O3. The molecule has 1 aliphatic heterocycles. The largest absolute Gasteiger partial charge is 0.383 e. The number of aryl methyl sites for hydroxylation is 1. The van der Waals surface area contributed by atoms with Gasteiger partial charge < -0.3 is 15.2 Å². The summed E-state index contributed by atoms with van der Waals surface area (Å²) in [5.41, 5.74) is -1.48. The Morgan fingerprint density at radius 1 is 1.59 bits per heavy atom. The highest BCUT2D eigenvalue weighted by Crippen LogP contribution is 2.44. The van der Waals surface area contributed by atoms with Crippen LogP contribution in [-0.2, 0) is 16.6 Å². The van der Waals surface area contributed by atoms with Crippen LogP contribution in [0.1, 0.15) is 37.4 Å². The van der Waals surface area contributed by atoms with E-state index in [9.17, 15) is 18.7 Å². The number of hydrogen-bond donors (Lipinski definition) is 2. The topological polar surface area (TPSA) is 76.4 Å². The predicted octanol–water partition coefficient (Wildman–Crippen LogP) is 0.917. The van der Waals surface area contributed by atoms with Crippen LogP contribution in [0.3, 0.4) is 0 Å². The number of nitrogens with zero attached hydrogens (tertiary/aromatic N) is 2. The summed E-state index contributed by atoms with van der Waals surface area (Å²) in [4.78, 5) is 11.9. The van der Waals surface area contributed by atoms with Gasteiger partial charge in [0.25, 0.3) is 5.91 Å². The second-order valence-corrected chi connectivity index (χ2v) is 6.07. The van der Waals surface area contributed by atoms with Gasteiger partial charge in [0.15, 0.2) is 0 Å². The zero-order valence-corrected chi connectivity index (χ0v) is 12.3. The summed E-state index contributed by atoms with van der Waals surface area (Å²) in [7, 11) is 1.74. The highest BCUT2D eigenvalue weighted by molar-refractivity contribution is 5.85. The lowest BCUT2D eigenvalue weighted by molar-refractivity contribution is -0.216. The lowest BCUT2D eigenvalue weighted by Crippen LogP contribution is -2.61. The van der Waals surface area contributed by atoms with Crippen molar-refractivity contribution in [1.29, 1.82) is 0 Å². The Kier molecular flexibility index (Phi) is 3.68. The SMILES string of the molecule is Cn1cc([C@H]2OCC[C@@H]2NC(=O)C(F)(F)C2(O)CCC2)cn1. The molecule has 1 saturated heterocycles. The van der Waals surface area contributed by atoms with Gasteiger partial charge >= 0.3 is 5.92 Å². The molecule has 6 nitrogen and oxygen atoms in total. The number of carbonyl (C=O) groups excluding carboxylic acids is 1. The molecule has 0 radical (unpaired) electrons. The van der Waals surface area contributed by atoms with Crippen LogP contribution in [0.25, 0.3) is 0 Å². The second-order valence-electron chi connectivity index (χ2n) is 6.07. The number of rotatable bonds is 4. The van der Waals surface area contributed by atoms with E-state index >= 15 is 0 Å². The number of carbonyl (C=O) groups is 1. The van der Waals surface area contributed by atoms with Crippen LogP contribution in [0, 0.1) is 0 Å². The van der Waals surface area contributed by atoms with E-state index in [1.54, 1.807) is 24.1 Å². The van der Waals surface area contributed by atoms with E-state index in [1.807, 2.05) is 0 Å². The fourth-order valence-corrected chi connectivity index (χ4v) is 2.95. The van der Waals surface area contributed by atoms with Crippen LogP contribution in [0.5, 0.6) is 0 Å². The van der Waals surface area contributed by atoms with Crippen LogP contribution in [0.2, 0.25) is 0 Å². The van der Waals surface area contributed by atoms with Gasteiger partial charge in [-0.2, -0.15) is 13.9 Å². The Hall–Kier alpha value is -1.54. The van der Waals surface area contributed by atoms with Gasteiger partial charge in [-0.3, -0.25) is 9.48 Å². The number of aromatic nitrogens is 2. The summed E-state index contributed by atoms with van der Waals surface area (Å²) in [5, 5.41) is 16.2. The Morgan fingerprint density at radius 2 is 2.32 bits per heavy atom. The molecule has 1 aromatic heterocycles. The third-order valence-corrected chi connectivity index (χ3v) is 4.51. The summed E-state index contributed by atoms with van der Waals surface area (Å²) >= 11 is 0. The number of amides is 1. The molecule has 3 rings (SSSR count). The molecule has 0 spiro atoms. The van der Waals surface area contributed by atoms with Gasteiger partial charge in [-0.25, -0.2) is 0 Å². The Labute approximate surface area is 126 Å². The fraction of sp³-hybridized carbons (Fsp3) is 0.714. The second kappa shape index (κ2) is 5.27. The van der Waals surface area contributed by atoms with E-state index in [0.717, 1.165) is 5.56 Å². The number of alkyl halides is 2. The summed E-state index contributed by atoms with van der Waals surface area (Å²) in [6.45, 7) is 0.375. The van der Waals surface area contributed by atoms with Crippen molar-refractivity contribution >= 4 is 5.91 Å². The molecule has 2 N–H and O–H groups in total. The van der Waals surface area contributed by atoms with Crippen molar-refractivity contribution in [2.24, 2.45) is 7.05 Å². The van der Waals surface area contributed by atoms with Gasteiger partial charge in [0.05, 0.1) is 12.2 Å². The van der Waals surface area contributed by atoms with Crippen molar-refractivity contribution in [3.8, 4) is 0 Å². The molecular weight excluding hydrogens is 296 g/mol. The number of hydrogen-bond acceptors (Lipinski definition) is 4. The minimum atomic E-state index is -3.78. The van der Waals surface area contributed by atoms with Crippen molar-refractivity contribution in [2.75, 3.05) is 6.61 Å². The Morgan fingerprint density at radius 3 is 2.86 bits per heavy atom. The smallest absolute Gasteiger partial charge is 0.352 e. The number of nitrogens with one attached hydrogen (secondary N) is 1. The first kappa shape index (κ1) is 15.4.